The quantitative estimate of drug-likeness (QED) is 0.892. The normalized spacial score (nSPS) is 20.2. The number of hydrogen-bond donors (Lipinski definition) is 2. The zero-order valence-electron chi connectivity index (χ0n) is 11.0. The van der Waals surface area contributed by atoms with E-state index in [9.17, 15) is 9.90 Å². The summed E-state index contributed by atoms with van der Waals surface area (Å²) in [6.07, 6.45) is 2.38. The van der Waals surface area contributed by atoms with Gasteiger partial charge in [-0.25, -0.2) is 4.79 Å². The van der Waals surface area contributed by atoms with E-state index in [4.69, 9.17) is 11.6 Å². The summed E-state index contributed by atoms with van der Waals surface area (Å²) >= 11 is 5.94. The number of hydrogen-bond acceptors (Lipinski definition) is 3. The number of carboxylic acids is 1. The average molecular weight is 283 g/mol. The third kappa shape index (κ3) is 3.61. The van der Waals surface area contributed by atoms with E-state index in [2.05, 4.69) is 17.3 Å². The first-order valence-electron chi connectivity index (χ1n) is 6.52. The zero-order chi connectivity index (χ0) is 13.8. The lowest BCUT2D eigenvalue weighted by atomic mass is 9.98. The maximum Gasteiger partial charge on any atom is 0.339 e. The number of carbonyl (C=O) groups is 1. The van der Waals surface area contributed by atoms with Crippen LogP contribution in [0.2, 0.25) is 5.02 Å². The number of carboxylic acid groups (broad SMARTS) is 1. The second-order valence-corrected chi connectivity index (χ2v) is 5.53. The maximum absolute atomic E-state index is 11.2. The molecule has 0 bridgehead atoms. The Hall–Kier alpha value is -1.26. The molecule has 0 radical (unpaired) electrons. The second-order valence-electron chi connectivity index (χ2n) is 5.12. The van der Waals surface area contributed by atoms with Gasteiger partial charge < -0.3 is 15.3 Å². The highest BCUT2D eigenvalue weighted by atomic mass is 35.5. The number of piperidine rings is 1. The number of nitrogens with one attached hydrogen (secondary N) is 1. The number of nitrogens with zero attached hydrogens (tertiary/aromatic N) is 1. The van der Waals surface area contributed by atoms with Crippen LogP contribution in [0.4, 0.5) is 5.69 Å². The predicted octanol–water partition coefficient (Wildman–Crippen LogP) is 2.79. The zero-order valence-corrected chi connectivity index (χ0v) is 11.8. The van der Waals surface area contributed by atoms with Crippen LogP contribution in [0, 0.1) is 5.92 Å². The average Bonchev–Trinajstić information content (AvgIpc) is 2.36. The molecule has 1 unspecified atom stereocenters. The van der Waals surface area contributed by atoms with Gasteiger partial charge in [-0.15, -0.1) is 0 Å². The summed E-state index contributed by atoms with van der Waals surface area (Å²) in [6.45, 7) is 2.98. The largest absolute Gasteiger partial charge is 0.478 e. The van der Waals surface area contributed by atoms with E-state index in [1.54, 1.807) is 18.2 Å². The Morgan fingerprint density at radius 2 is 2.37 bits per heavy atom. The number of halogens is 1. The van der Waals surface area contributed by atoms with Crippen molar-refractivity contribution in [3.63, 3.8) is 0 Å². The Labute approximate surface area is 118 Å². The number of likely N-dealkylation sites (tertiary alicyclic amines) is 1. The molecule has 2 N–H and O–H groups in total. The van der Waals surface area contributed by atoms with Gasteiger partial charge in [0.2, 0.25) is 0 Å². The molecule has 1 aliphatic rings. The molecule has 1 aliphatic heterocycles. The summed E-state index contributed by atoms with van der Waals surface area (Å²) in [5.41, 5.74) is 0.765. The minimum absolute atomic E-state index is 0.160. The highest BCUT2D eigenvalue weighted by molar-refractivity contribution is 6.34. The lowest BCUT2D eigenvalue weighted by molar-refractivity contribution is 0.0698. The monoisotopic (exact) mass is 282 g/mol. The Balaban J connectivity index is 2.03. The molecule has 1 saturated heterocycles. The molecule has 1 fully saturated rings. The molecule has 1 aromatic carbocycles. The van der Waals surface area contributed by atoms with Crippen LogP contribution < -0.4 is 5.32 Å². The molecule has 0 aromatic heterocycles. The Morgan fingerprint density at radius 1 is 1.58 bits per heavy atom. The van der Waals surface area contributed by atoms with Crippen molar-refractivity contribution in [3.05, 3.63) is 28.8 Å². The number of rotatable bonds is 4. The van der Waals surface area contributed by atoms with Crippen LogP contribution in [0.1, 0.15) is 23.2 Å². The lowest BCUT2D eigenvalue weighted by Crippen LogP contribution is -2.35. The van der Waals surface area contributed by atoms with Crippen LogP contribution in [-0.2, 0) is 0 Å². The number of benzene rings is 1. The number of anilines is 1. The van der Waals surface area contributed by atoms with Crippen LogP contribution >= 0.6 is 11.6 Å². The molecule has 0 spiro atoms. The molecule has 1 heterocycles. The summed E-state index contributed by atoms with van der Waals surface area (Å²) in [5.74, 6) is -0.437. The van der Waals surface area contributed by atoms with Gasteiger partial charge in [0.15, 0.2) is 0 Å². The van der Waals surface area contributed by atoms with Crippen molar-refractivity contribution in [3.8, 4) is 0 Å². The molecule has 2 rings (SSSR count). The molecule has 4 nitrogen and oxygen atoms in total. The fourth-order valence-corrected chi connectivity index (χ4v) is 2.84. The Bertz CT molecular complexity index is 465. The third-order valence-electron chi connectivity index (χ3n) is 3.53. The summed E-state index contributed by atoms with van der Waals surface area (Å²) < 4.78 is 0. The van der Waals surface area contributed by atoms with Crippen molar-refractivity contribution < 1.29 is 9.90 Å². The van der Waals surface area contributed by atoms with Gasteiger partial charge in [-0.3, -0.25) is 0 Å². The molecular formula is C14H19ClN2O2. The van der Waals surface area contributed by atoms with E-state index >= 15 is 0 Å². The highest BCUT2D eigenvalue weighted by Gasteiger charge is 2.19. The van der Waals surface area contributed by atoms with E-state index < -0.39 is 5.97 Å². The molecule has 1 atom stereocenters. The van der Waals surface area contributed by atoms with Gasteiger partial charge in [-0.2, -0.15) is 0 Å². The van der Waals surface area contributed by atoms with Gasteiger partial charge in [0, 0.05) is 13.1 Å². The summed E-state index contributed by atoms with van der Waals surface area (Å²) in [6, 6.07) is 5.14. The molecule has 1 aromatic rings. The van der Waals surface area contributed by atoms with E-state index in [-0.39, 0.29) is 10.6 Å². The fourth-order valence-electron chi connectivity index (χ4n) is 2.58. The van der Waals surface area contributed by atoms with Gasteiger partial charge in [-0.1, -0.05) is 17.7 Å². The molecular weight excluding hydrogens is 264 g/mol. The van der Waals surface area contributed by atoms with Gasteiger partial charge in [0.05, 0.1) is 10.7 Å². The van der Waals surface area contributed by atoms with Gasteiger partial charge >= 0.3 is 5.97 Å². The van der Waals surface area contributed by atoms with Crippen LogP contribution in [-0.4, -0.2) is 42.7 Å². The molecule has 0 aliphatic carbocycles. The summed E-state index contributed by atoms with van der Waals surface area (Å²) in [5, 5.41) is 12.7. The van der Waals surface area contributed by atoms with Crippen molar-refractivity contribution in [2.75, 3.05) is 32.0 Å². The molecule has 5 heteroatoms. The van der Waals surface area contributed by atoms with E-state index in [1.165, 1.54) is 12.8 Å². The first kappa shape index (κ1) is 14.2. The standard InChI is InChI=1S/C14H19ClN2O2/c1-17-7-3-4-10(9-17)8-16-12-6-2-5-11(15)13(12)14(18)19/h2,5-6,10,16H,3-4,7-9H2,1H3,(H,18,19). The molecule has 104 valence electrons. The summed E-state index contributed by atoms with van der Waals surface area (Å²) in [7, 11) is 2.12. The molecule has 19 heavy (non-hydrogen) atoms. The van der Waals surface area contributed by atoms with Gasteiger partial charge in [0.1, 0.15) is 5.56 Å². The topological polar surface area (TPSA) is 52.6 Å². The van der Waals surface area contributed by atoms with Crippen LogP contribution in [0.5, 0.6) is 0 Å². The van der Waals surface area contributed by atoms with Gasteiger partial charge in [0.25, 0.3) is 0 Å². The lowest BCUT2D eigenvalue weighted by Gasteiger charge is -2.30. The molecule has 0 saturated carbocycles. The first-order valence-corrected chi connectivity index (χ1v) is 6.90. The SMILES string of the molecule is CN1CCCC(CNc2cccc(Cl)c2C(=O)O)C1. The van der Waals surface area contributed by atoms with E-state index in [0.29, 0.717) is 11.6 Å². The highest BCUT2D eigenvalue weighted by Crippen LogP contribution is 2.25. The smallest absolute Gasteiger partial charge is 0.339 e. The van der Waals surface area contributed by atoms with E-state index in [1.807, 2.05) is 0 Å². The van der Waals surface area contributed by atoms with Crippen molar-refractivity contribution in [2.45, 2.75) is 12.8 Å². The third-order valence-corrected chi connectivity index (χ3v) is 3.85. The van der Waals surface area contributed by atoms with Gasteiger partial charge in [-0.05, 0) is 44.5 Å². The fraction of sp³-hybridized carbons (Fsp3) is 0.500. The van der Waals surface area contributed by atoms with Crippen molar-refractivity contribution in [1.82, 2.24) is 4.90 Å². The minimum atomic E-state index is -0.992. The minimum Gasteiger partial charge on any atom is -0.478 e. The van der Waals surface area contributed by atoms with Crippen LogP contribution in [0.15, 0.2) is 18.2 Å². The van der Waals surface area contributed by atoms with Crippen molar-refractivity contribution >= 4 is 23.3 Å². The first-order chi connectivity index (χ1) is 9.08. The predicted molar refractivity (Wildman–Crippen MR) is 77.1 cm³/mol. The van der Waals surface area contributed by atoms with Crippen molar-refractivity contribution in [1.29, 1.82) is 0 Å². The van der Waals surface area contributed by atoms with Crippen LogP contribution in [0.3, 0.4) is 0 Å². The number of aromatic carboxylic acids is 1. The second kappa shape index (κ2) is 6.26. The van der Waals surface area contributed by atoms with Crippen LogP contribution in [0.25, 0.3) is 0 Å². The van der Waals surface area contributed by atoms with E-state index in [0.717, 1.165) is 19.6 Å². The Kier molecular flexibility index (Phi) is 4.66. The van der Waals surface area contributed by atoms with Crippen molar-refractivity contribution in [2.24, 2.45) is 5.92 Å². The summed E-state index contributed by atoms with van der Waals surface area (Å²) in [4.78, 5) is 13.5. The Morgan fingerprint density at radius 3 is 3.05 bits per heavy atom. The molecule has 0 amide bonds. The maximum atomic E-state index is 11.2.